The molecular formula is C16H16N4O2S. The highest BCUT2D eigenvalue weighted by atomic mass is 32.1. The zero-order chi connectivity index (χ0) is 16.4. The Labute approximate surface area is 137 Å². The summed E-state index contributed by atoms with van der Waals surface area (Å²) < 4.78 is 0. The van der Waals surface area contributed by atoms with Gasteiger partial charge in [0.25, 0.3) is 0 Å². The summed E-state index contributed by atoms with van der Waals surface area (Å²) in [6.45, 7) is 1.79. The molecule has 0 unspecified atom stereocenters. The number of rotatable bonds is 5. The van der Waals surface area contributed by atoms with Crippen LogP contribution in [0.3, 0.4) is 0 Å². The Balaban J connectivity index is 1.97. The molecule has 0 saturated heterocycles. The first-order valence-electron chi connectivity index (χ1n) is 7.20. The lowest BCUT2D eigenvalue weighted by molar-refractivity contribution is 0.0701. The van der Waals surface area contributed by atoms with Crippen LogP contribution in [0.5, 0.6) is 0 Å². The number of aromatic nitrogens is 3. The molecule has 0 saturated carbocycles. The van der Waals surface area contributed by atoms with E-state index >= 15 is 0 Å². The third-order valence-corrected chi connectivity index (χ3v) is 4.80. The van der Waals surface area contributed by atoms with Gasteiger partial charge >= 0.3 is 5.97 Å². The van der Waals surface area contributed by atoms with Crippen molar-refractivity contribution in [3.63, 3.8) is 0 Å². The molecule has 0 bridgehead atoms. The number of carbonyl (C=O) groups is 1. The fourth-order valence-corrected chi connectivity index (χ4v) is 3.52. The molecule has 2 N–H and O–H groups in total. The van der Waals surface area contributed by atoms with E-state index in [0.29, 0.717) is 33.3 Å². The molecule has 3 rings (SSSR count). The predicted molar refractivity (Wildman–Crippen MR) is 90.3 cm³/mol. The number of thiophene rings is 1. The van der Waals surface area contributed by atoms with E-state index in [1.54, 1.807) is 20.2 Å². The molecule has 0 amide bonds. The molecule has 0 fully saturated rings. The van der Waals surface area contributed by atoms with Gasteiger partial charge in [0.15, 0.2) is 0 Å². The van der Waals surface area contributed by atoms with Crippen LogP contribution in [0.2, 0.25) is 0 Å². The lowest BCUT2D eigenvalue weighted by Gasteiger charge is -2.06. The van der Waals surface area contributed by atoms with E-state index in [2.05, 4.69) is 20.3 Å². The van der Waals surface area contributed by atoms with Gasteiger partial charge in [0.1, 0.15) is 21.3 Å². The van der Waals surface area contributed by atoms with Crippen LogP contribution in [-0.2, 0) is 12.8 Å². The van der Waals surface area contributed by atoms with Gasteiger partial charge in [0, 0.05) is 25.9 Å². The van der Waals surface area contributed by atoms with Crippen LogP contribution < -0.4 is 5.32 Å². The molecule has 3 aromatic heterocycles. The Morgan fingerprint density at radius 1 is 1.35 bits per heavy atom. The maximum Gasteiger partial charge on any atom is 0.346 e. The molecule has 0 aromatic carbocycles. The molecule has 0 aliphatic rings. The highest BCUT2D eigenvalue weighted by molar-refractivity contribution is 7.20. The SMILES string of the molecule is CNc1nc(CCc2cccnc2)nc2sc(C(=O)O)c(C)c12. The summed E-state index contributed by atoms with van der Waals surface area (Å²) in [6, 6.07) is 3.92. The van der Waals surface area contributed by atoms with E-state index in [0.717, 1.165) is 17.4 Å². The molecule has 0 aliphatic carbocycles. The normalized spacial score (nSPS) is 10.9. The molecule has 3 aromatic rings. The molecule has 6 nitrogen and oxygen atoms in total. The van der Waals surface area contributed by atoms with Gasteiger partial charge in [-0.05, 0) is 30.5 Å². The quantitative estimate of drug-likeness (QED) is 0.749. The number of nitrogens with one attached hydrogen (secondary N) is 1. The number of hydrogen-bond acceptors (Lipinski definition) is 6. The highest BCUT2D eigenvalue weighted by Gasteiger charge is 2.19. The van der Waals surface area contributed by atoms with Gasteiger partial charge in [-0.25, -0.2) is 14.8 Å². The van der Waals surface area contributed by atoms with Crippen molar-refractivity contribution in [1.82, 2.24) is 15.0 Å². The molecule has 3 heterocycles. The molecule has 23 heavy (non-hydrogen) atoms. The fourth-order valence-electron chi connectivity index (χ4n) is 2.48. The zero-order valence-electron chi connectivity index (χ0n) is 12.8. The second-order valence-electron chi connectivity index (χ2n) is 5.14. The lowest BCUT2D eigenvalue weighted by atomic mass is 10.1. The molecular weight excluding hydrogens is 312 g/mol. The minimum atomic E-state index is -0.926. The van der Waals surface area contributed by atoms with Crippen molar-refractivity contribution in [2.45, 2.75) is 19.8 Å². The smallest absolute Gasteiger partial charge is 0.346 e. The van der Waals surface area contributed by atoms with Crippen LogP contribution in [0.25, 0.3) is 10.2 Å². The van der Waals surface area contributed by atoms with Crippen LogP contribution in [0, 0.1) is 6.92 Å². The van der Waals surface area contributed by atoms with E-state index in [4.69, 9.17) is 0 Å². The summed E-state index contributed by atoms with van der Waals surface area (Å²) in [4.78, 5) is 25.5. The number of nitrogens with zero attached hydrogens (tertiary/aromatic N) is 3. The van der Waals surface area contributed by atoms with Crippen LogP contribution >= 0.6 is 11.3 Å². The predicted octanol–water partition coefficient (Wildman–Crippen LogP) is 2.92. The van der Waals surface area contributed by atoms with Crippen molar-refractivity contribution in [3.05, 3.63) is 46.4 Å². The van der Waals surface area contributed by atoms with Crippen LogP contribution in [0.15, 0.2) is 24.5 Å². The summed E-state index contributed by atoms with van der Waals surface area (Å²) in [7, 11) is 1.78. The summed E-state index contributed by atoms with van der Waals surface area (Å²) in [5.41, 5.74) is 1.83. The number of hydrogen-bond donors (Lipinski definition) is 2. The minimum Gasteiger partial charge on any atom is -0.477 e. The van der Waals surface area contributed by atoms with Crippen LogP contribution in [0.1, 0.15) is 26.6 Å². The van der Waals surface area contributed by atoms with Gasteiger partial charge in [-0.1, -0.05) is 6.07 Å². The van der Waals surface area contributed by atoms with E-state index in [-0.39, 0.29) is 0 Å². The Bertz CT molecular complexity index is 861. The molecule has 0 spiro atoms. The summed E-state index contributed by atoms with van der Waals surface area (Å²) in [5, 5.41) is 13.1. The summed E-state index contributed by atoms with van der Waals surface area (Å²) >= 11 is 1.19. The number of fused-ring (bicyclic) bond motifs is 1. The number of anilines is 1. The Kier molecular flexibility index (Phi) is 4.20. The first-order chi connectivity index (χ1) is 11.1. The average molecular weight is 328 g/mol. The first-order valence-corrected chi connectivity index (χ1v) is 8.01. The molecule has 118 valence electrons. The molecule has 0 atom stereocenters. The molecule has 7 heteroatoms. The number of carboxylic acid groups (broad SMARTS) is 1. The summed E-state index contributed by atoms with van der Waals surface area (Å²) in [6.07, 6.45) is 5.04. The second kappa shape index (κ2) is 6.29. The third-order valence-electron chi connectivity index (χ3n) is 3.63. The maximum absolute atomic E-state index is 11.3. The molecule has 0 radical (unpaired) electrons. The van der Waals surface area contributed by atoms with Gasteiger partial charge in [-0.2, -0.15) is 0 Å². The highest BCUT2D eigenvalue weighted by Crippen LogP contribution is 2.33. The fraction of sp³-hybridized carbons (Fsp3) is 0.250. The zero-order valence-corrected chi connectivity index (χ0v) is 13.6. The van der Waals surface area contributed by atoms with Crippen molar-refractivity contribution >= 4 is 33.3 Å². The van der Waals surface area contributed by atoms with E-state index < -0.39 is 5.97 Å². The van der Waals surface area contributed by atoms with E-state index in [1.165, 1.54) is 11.3 Å². The van der Waals surface area contributed by atoms with Crippen LogP contribution in [0.4, 0.5) is 5.82 Å². The molecule has 0 aliphatic heterocycles. The lowest BCUT2D eigenvalue weighted by Crippen LogP contribution is -2.03. The van der Waals surface area contributed by atoms with Crippen molar-refractivity contribution in [2.75, 3.05) is 12.4 Å². The second-order valence-corrected chi connectivity index (χ2v) is 6.14. The minimum absolute atomic E-state index is 0.315. The van der Waals surface area contributed by atoms with Crippen molar-refractivity contribution < 1.29 is 9.90 Å². The van der Waals surface area contributed by atoms with E-state index in [9.17, 15) is 9.90 Å². The first kappa shape index (κ1) is 15.4. The monoisotopic (exact) mass is 328 g/mol. The Hall–Kier alpha value is -2.54. The summed E-state index contributed by atoms with van der Waals surface area (Å²) in [5.74, 6) is 0.450. The van der Waals surface area contributed by atoms with Gasteiger partial charge in [-0.15, -0.1) is 11.3 Å². The van der Waals surface area contributed by atoms with Gasteiger partial charge < -0.3 is 10.4 Å². The van der Waals surface area contributed by atoms with E-state index in [1.807, 2.05) is 18.3 Å². The number of aromatic carboxylic acids is 1. The maximum atomic E-state index is 11.3. The Morgan fingerprint density at radius 3 is 2.83 bits per heavy atom. The standard InChI is InChI=1S/C16H16N4O2S/c1-9-12-14(17-2)19-11(6-5-10-4-3-7-18-8-10)20-15(12)23-13(9)16(21)22/h3-4,7-8H,5-6H2,1-2H3,(H,21,22)(H,17,19,20). The number of aryl methyl sites for hydroxylation is 3. The van der Waals surface area contributed by atoms with Crippen molar-refractivity contribution in [2.24, 2.45) is 0 Å². The number of carboxylic acids is 1. The van der Waals surface area contributed by atoms with Gasteiger partial charge in [0.2, 0.25) is 0 Å². The van der Waals surface area contributed by atoms with Crippen molar-refractivity contribution in [3.8, 4) is 0 Å². The van der Waals surface area contributed by atoms with Crippen LogP contribution in [-0.4, -0.2) is 33.1 Å². The topological polar surface area (TPSA) is 88.0 Å². The third kappa shape index (κ3) is 3.00. The van der Waals surface area contributed by atoms with Gasteiger partial charge in [0.05, 0.1) is 5.39 Å². The Morgan fingerprint density at radius 2 is 2.17 bits per heavy atom. The largest absolute Gasteiger partial charge is 0.477 e. The average Bonchev–Trinajstić information content (AvgIpc) is 2.90. The number of pyridine rings is 1. The van der Waals surface area contributed by atoms with Gasteiger partial charge in [-0.3, -0.25) is 4.98 Å². The van der Waals surface area contributed by atoms with Crippen molar-refractivity contribution in [1.29, 1.82) is 0 Å².